The van der Waals surface area contributed by atoms with Crippen molar-refractivity contribution >= 4 is 34.0 Å². The molecule has 120 valence electrons. The first kappa shape index (κ1) is 18.3. The van der Waals surface area contributed by atoms with E-state index >= 15 is 0 Å². The number of carbonyl (C=O) groups excluding carboxylic acids is 1. The molecule has 0 aliphatic heterocycles. The highest BCUT2D eigenvalue weighted by atomic mass is 32.2. The summed E-state index contributed by atoms with van der Waals surface area (Å²) in [6.45, 7) is 3.75. The summed E-state index contributed by atoms with van der Waals surface area (Å²) in [6.07, 6.45) is 5.71. The van der Waals surface area contributed by atoms with Crippen LogP contribution >= 0.6 is 12.2 Å². The zero-order valence-corrected chi connectivity index (χ0v) is 14.7. The predicted molar refractivity (Wildman–Crippen MR) is 90.9 cm³/mol. The molecule has 1 rings (SSSR count). The third-order valence-corrected chi connectivity index (χ3v) is 6.66. The molecular weight excluding hydrogens is 306 g/mol. The first-order chi connectivity index (χ1) is 9.88. The van der Waals surface area contributed by atoms with Crippen molar-refractivity contribution in [2.45, 2.75) is 49.0 Å². The zero-order chi connectivity index (χ0) is 16.0. The van der Waals surface area contributed by atoms with E-state index in [-0.39, 0.29) is 10.5 Å². The molecule has 1 fully saturated rings. The topological polar surface area (TPSA) is 46.6 Å². The van der Waals surface area contributed by atoms with Crippen LogP contribution in [0.25, 0.3) is 0 Å². The Hall–Kier alpha value is -0.750. The number of thiocarbonyl (C=S) groups is 1. The van der Waals surface area contributed by atoms with Crippen LogP contribution in [0.2, 0.25) is 0 Å². The van der Waals surface area contributed by atoms with Crippen LogP contribution in [-0.2, 0) is 20.3 Å². The Morgan fingerprint density at radius 1 is 1.38 bits per heavy atom. The van der Waals surface area contributed by atoms with Crippen molar-refractivity contribution in [2.75, 3.05) is 21.2 Å². The van der Waals surface area contributed by atoms with E-state index in [0.29, 0.717) is 17.0 Å². The molecule has 6 heteroatoms. The second-order valence-corrected chi connectivity index (χ2v) is 7.92. The highest BCUT2D eigenvalue weighted by Gasteiger charge is 2.31. The fraction of sp³-hybridized carbons (Fsp3) is 0.733. The lowest BCUT2D eigenvalue weighted by molar-refractivity contribution is -0.136. The quantitative estimate of drug-likeness (QED) is 0.425. The minimum absolute atomic E-state index is 0.173. The average Bonchev–Trinajstić information content (AvgIpc) is 2.50. The van der Waals surface area contributed by atoms with Crippen molar-refractivity contribution in [3.63, 3.8) is 0 Å². The fourth-order valence-electron chi connectivity index (χ4n) is 2.54. The highest BCUT2D eigenvalue weighted by Crippen LogP contribution is 2.27. The van der Waals surface area contributed by atoms with Crippen LogP contribution in [0.5, 0.6) is 0 Å². The van der Waals surface area contributed by atoms with Gasteiger partial charge in [0, 0.05) is 35.7 Å². The van der Waals surface area contributed by atoms with Gasteiger partial charge in [-0.2, -0.15) is 0 Å². The van der Waals surface area contributed by atoms with E-state index in [1.807, 2.05) is 14.1 Å². The number of hydrogen-bond donors (Lipinski definition) is 0. The molecule has 1 aliphatic carbocycles. The van der Waals surface area contributed by atoms with Crippen LogP contribution < -0.4 is 0 Å². The molecule has 0 spiro atoms. The minimum Gasteiger partial charge on any atom is -0.466 e. The normalized spacial score (nSPS) is 18.6. The third-order valence-electron chi connectivity index (χ3n) is 3.78. The number of rotatable bonds is 6. The van der Waals surface area contributed by atoms with Crippen molar-refractivity contribution in [1.29, 1.82) is 0 Å². The zero-order valence-electron chi connectivity index (χ0n) is 13.1. The summed E-state index contributed by atoms with van der Waals surface area (Å²) >= 11 is 5.43. The Balaban J connectivity index is 2.85. The van der Waals surface area contributed by atoms with Crippen LogP contribution in [0, 0.1) is 0 Å². The third kappa shape index (κ3) is 5.18. The molecule has 0 saturated heterocycles. The van der Waals surface area contributed by atoms with Crippen LogP contribution in [0.4, 0.5) is 0 Å². The van der Waals surface area contributed by atoms with E-state index < -0.39 is 16.8 Å². The molecule has 0 radical (unpaired) electrons. The summed E-state index contributed by atoms with van der Waals surface area (Å²) in [7, 11) is 3.92. The molecule has 0 bridgehead atoms. The van der Waals surface area contributed by atoms with Gasteiger partial charge in [0.25, 0.3) is 0 Å². The molecule has 0 aromatic heterocycles. The summed E-state index contributed by atoms with van der Waals surface area (Å²) in [5.74, 6) is -0.456. The van der Waals surface area contributed by atoms with Crippen LogP contribution in [0.15, 0.2) is 12.2 Å². The maximum atomic E-state index is 12.9. The van der Waals surface area contributed by atoms with E-state index in [4.69, 9.17) is 12.2 Å². The molecule has 0 aromatic carbocycles. The summed E-state index contributed by atoms with van der Waals surface area (Å²) in [5, 5.41) is -0.170. The maximum Gasteiger partial charge on any atom is 0.333 e. The van der Waals surface area contributed by atoms with Gasteiger partial charge in [0.15, 0.2) is 0 Å². The largest absolute Gasteiger partial charge is 0.466 e. The number of ether oxygens (including phenoxy) is 1. The van der Waals surface area contributed by atoms with Gasteiger partial charge in [0.2, 0.25) is 0 Å². The van der Waals surface area contributed by atoms with E-state index in [0.717, 1.165) is 25.7 Å². The maximum absolute atomic E-state index is 12.9. The number of nitrogens with zero attached hydrogens (tertiary/aromatic N) is 1. The summed E-state index contributed by atoms with van der Waals surface area (Å²) in [4.78, 5) is 14.0. The molecule has 1 unspecified atom stereocenters. The Morgan fingerprint density at radius 3 is 2.43 bits per heavy atom. The van der Waals surface area contributed by atoms with E-state index in [2.05, 4.69) is 11.3 Å². The molecular formula is C15H25NO3S2. The Labute approximate surface area is 135 Å². The van der Waals surface area contributed by atoms with Crippen LogP contribution in [0.1, 0.15) is 38.5 Å². The molecule has 0 N–H and O–H groups in total. The Kier molecular flexibility index (Phi) is 7.52. The number of esters is 1. The second-order valence-electron chi connectivity index (χ2n) is 5.61. The summed E-state index contributed by atoms with van der Waals surface area (Å²) in [5.41, 5.74) is 0.329. The van der Waals surface area contributed by atoms with Gasteiger partial charge < -0.3 is 9.64 Å². The first-order valence-electron chi connectivity index (χ1n) is 7.25. The van der Waals surface area contributed by atoms with Gasteiger partial charge in [-0.3, -0.25) is 4.21 Å². The number of methoxy groups -OCH3 is 1. The highest BCUT2D eigenvalue weighted by molar-refractivity contribution is 7.90. The monoisotopic (exact) mass is 331 g/mol. The van der Waals surface area contributed by atoms with Crippen LogP contribution in [0.3, 0.4) is 0 Å². The summed E-state index contributed by atoms with van der Waals surface area (Å²) < 4.78 is 17.6. The summed E-state index contributed by atoms with van der Waals surface area (Å²) in [6, 6.07) is 0. The van der Waals surface area contributed by atoms with E-state index in [1.165, 1.54) is 13.5 Å². The second kappa shape index (κ2) is 8.63. The van der Waals surface area contributed by atoms with Gasteiger partial charge in [0.05, 0.1) is 17.3 Å². The van der Waals surface area contributed by atoms with Gasteiger partial charge >= 0.3 is 5.97 Å². The smallest absolute Gasteiger partial charge is 0.333 e. The first-order valence-corrected chi connectivity index (χ1v) is 8.93. The van der Waals surface area contributed by atoms with E-state index in [9.17, 15) is 9.00 Å². The lowest BCUT2D eigenvalue weighted by atomic mass is 10.0. The lowest BCUT2D eigenvalue weighted by Crippen LogP contribution is -2.40. The van der Waals surface area contributed by atoms with Crippen molar-refractivity contribution in [2.24, 2.45) is 0 Å². The predicted octanol–water partition coefficient (Wildman–Crippen LogP) is 2.44. The molecule has 4 nitrogen and oxygen atoms in total. The molecule has 1 aliphatic rings. The van der Waals surface area contributed by atoms with Gasteiger partial charge in [-0.15, -0.1) is 0 Å². The van der Waals surface area contributed by atoms with Gasteiger partial charge in [-0.05, 0) is 19.3 Å². The average molecular weight is 332 g/mol. The van der Waals surface area contributed by atoms with Crippen LogP contribution in [-0.4, -0.2) is 51.8 Å². The Bertz CT molecular complexity index is 429. The van der Waals surface area contributed by atoms with Crippen molar-refractivity contribution in [3.05, 3.63) is 12.2 Å². The molecule has 2 atom stereocenters. The standard InChI is InChI=1S/C15H25NO3S2/c1-11(15(17)19-4)10-13(14(20)16(2)3)21(18)12-8-6-5-7-9-12/h12-13H,1,5-10H2,2-4H3/t13-,21?/m0/s1. The lowest BCUT2D eigenvalue weighted by Gasteiger charge is -2.29. The minimum atomic E-state index is -1.09. The van der Waals surface area contributed by atoms with Gasteiger partial charge in [0.1, 0.15) is 0 Å². The van der Waals surface area contributed by atoms with Crippen molar-refractivity contribution in [3.8, 4) is 0 Å². The number of hydrogen-bond acceptors (Lipinski definition) is 4. The van der Waals surface area contributed by atoms with Gasteiger partial charge in [-0.25, -0.2) is 4.79 Å². The fourth-order valence-corrected chi connectivity index (χ4v) is 4.94. The SMILES string of the molecule is C=C(C[C@@H](C(=S)N(C)C)S(=O)C1CCCCC1)C(=O)OC. The van der Waals surface area contributed by atoms with Gasteiger partial charge in [-0.1, -0.05) is 38.1 Å². The van der Waals surface area contributed by atoms with Crippen molar-refractivity contribution in [1.82, 2.24) is 4.90 Å². The van der Waals surface area contributed by atoms with E-state index in [1.54, 1.807) is 4.90 Å². The molecule has 0 heterocycles. The Morgan fingerprint density at radius 2 is 1.95 bits per heavy atom. The molecule has 0 aromatic rings. The number of carbonyl (C=O) groups is 1. The van der Waals surface area contributed by atoms with Crippen molar-refractivity contribution < 1.29 is 13.7 Å². The molecule has 1 saturated carbocycles. The molecule has 0 amide bonds. The molecule has 21 heavy (non-hydrogen) atoms.